The smallest absolute Gasteiger partial charge is 0.262 e. The van der Waals surface area contributed by atoms with Gasteiger partial charge >= 0.3 is 0 Å². The molecule has 9 heteroatoms. The van der Waals surface area contributed by atoms with Crippen LogP contribution in [0.2, 0.25) is 0 Å². The van der Waals surface area contributed by atoms with E-state index in [4.69, 9.17) is 9.40 Å². The van der Waals surface area contributed by atoms with Crippen LogP contribution in [0.1, 0.15) is 47.9 Å². The third-order valence-corrected chi connectivity index (χ3v) is 7.06. The van der Waals surface area contributed by atoms with Crippen molar-refractivity contribution in [2.75, 3.05) is 12.3 Å². The number of nitrogens with zero attached hydrogens (tertiary/aromatic N) is 2. The van der Waals surface area contributed by atoms with Crippen LogP contribution in [0, 0.1) is 0 Å². The van der Waals surface area contributed by atoms with E-state index in [0.29, 0.717) is 40.5 Å². The number of hydrogen-bond acceptors (Lipinski definition) is 6. The molecule has 0 saturated heterocycles. The number of benzene rings is 2. The van der Waals surface area contributed by atoms with E-state index < -0.39 is 0 Å². The molecule has 0 unspecified atom stereocenters. The molecule has 0 spiro atoms. The summed E-state index contributed by atoms with van der Waals surface area (Å²) in [6.07, 6.45) is 5.16. The van der Waals surface area contributed by atoms with Gasteiger partial charge in [0.15, 0.2) is 5.16 Å². The number of unbranched alkanes of at least 4 members (excludes halogenated alkanes) is 2. The summed E-state index contributed by atoms with van der Waals surface area (Å²) in [6.45, 7) is 3.43. The number of carbonyl (C=O) groups excluding carboxylic acids is 2. The molecule has 8 nitrogen and oxygen atoms in total. The van der Waals surface area contributed by atoms with Gasteiger partial charge in [-0.25, -0.2) is 4.98 Å². The highest BCUT2D eigenvalue weighted by Crippen LogP contribution is 2.20. The highest BCUT2D eigenvalue weighted by Gasteiger charge is 2.15. The van der Waals surface area contributed by atoms with Crippen molar-refractivity contribution in [1.29, 1.82) is 0 Å². The Kier molecular flexibility index (Phi) is 9.75. The van der Waals surface area contributed by atoms with E-state index in [1.54, 1.807) is 41.2 Å². The summed E-state index contributed by atoms with van der Waals surface area (Å²) < 4.78 is 6.91. The summed E-state index contributed by atoms with van der Waals surface area (Å²) in [6, 6.07) is 18.4. The lowest BCUT2D eigenvalue weighted by Gasteiger charge is -2.14. The minimum Gasteiger partial charge on any atom is -0.467 e. The van der Waals surface area contributed by atoms with Gasteiger partial charge < -0.3 is 15.1 Å². The minimum atomic E-state index is -0.288. The van der Waals surface area contributed by atoms with E-state index in [0.717, 1.165) is 31.2 Å². The maximum absolute atomic E-state index is 13.4. The predicted octanol–water partition coefficient (Wildman–Crippen LogP) is 4.56. The Hall–Kier alpha value is -3.85. The lowest BCUT2D eigenvalue weighted by atomic mass is 10.1. The molecule has 38 heavy (non-hydrogen) atoms. The summed E-state index contributed by atoms with van der Waals surface area (Å²) in [5.41, 5.74) is 1.82. The van der Waals surface area contributed by atoms with Gasteiger partial charge in [0, 0.05) is 18.7 Å². The molecule has 2 amide bonds. The standard InChI is InChI=1S/C29H32N4O4S/c1-2-3-7-16-33-28(36)24-13-12-22(27(35)31-19-23-11-8-17-37-23)18-25(24)32-29(33)38-20-26(34)30-15-14-21-9-5-4-6-10-21/h4-6,8-13,17-18H,2-3,7,14-16,19-20H2,1H3,(H,30,34)(H,31,35). The molecule has 0 fully saturated rings. The van der Waals surface area contributed by atoms with Crippen LogP contribution >= 0.6 is 11.8 Å². The molecule has 4 rings (SSSR count). The van der Waals surface area contributed by atoms with Gasteiger partial charge in [-0.3, -0.25) is 19.0 Å². The Morgan fingerprint density at radius 3 is 2.63 bits per heavy atom. The van der Waals surface area contributed by atoms with Crippen LogP contribution in [0.3, 0.4) is 0 Å². The number of furan rings is 1. The van der Waals surface area contributed by atoms with Gasteiger partial charge in [-0.1, -0.05) is 61.9 Å². The van der Waals surface area contributed by atoms with Crippen molar-refractivity contribution in [3.05, 3.63) is 94.2 Å². The lowest BCUT2D eigenvalue weighted by Crippen LogP contribution is -2.28. The summed E-state index contributed by atoms with van der Waals surface area (Å²) in [5, 5.41) is 6.67. The fraction of sp³-hybridized carbons (Fsp3) is 0.310. The molecular formula is C29H32N4O4S. The zero-order chi connectivity index (χ0) is 26.7. The highest BCUT2D eigenvalue weighted by molar-refractivity contribution is 7.99. The second-order valence-electron chi connectivity index (χ2n) is 8.93. The van der Waals surface area contributed by atoms with Gasteiger partial charge in [0.1, 0.15) is 5.76 Å². The summed E-state index contributed by atoms with van der Waals surface area (Å²) in [5.74, 6) is 0.382. The molecule has 0 aliphatic carbocycles. The molecule has 0 aliphatic rings. The first kappa shape index (κ1) is 27.2. The van der Waals surface area contributed by atoms with Crippen LogP contribution in [0.5, 0.6) is 0 Å². The molecule has 0 aliphatic heterocycles. The average Bonchev–Trinajstić information content (AvgIpc) is 3.46. The van der Waals surface area contributed by atoms with Crippen molar-refractivity contribution >= 4 is 34.5 Å². The van der Waals surface area contributed by atoms with Gasteiger partial charge in [0.2, 0.25) is 5.91 Å². The second-order valence-corrected chi connectivity index (χ2v) is 9.87. The van der Waals surface area contributed by atoms with Crippen molar-refractivity contribution in [1.82, 2.24) is 20.2 Å². The minimum absolute atomic E-state index is 0.119. The maximum Gasteiger partial charge on any atom is 0.262 e. The average molecular weight is 533 g/mol. The first-order chi connectivity index (χ1) is 18.5. The molecule has 4 aromatic rings. The lowest BCUT2D eigenvalue weighted by molar-refractivity contribution is -0.118. The third-order valence-electron chi connectivity index (χ3n) is 6.08. The van der Waals surface area contributed by atoms with Crippen molar-refractivity contribution < 1.29 is 14.0 Å². The normalized spacial score (nSPS) is 11.0. The Labute approximate surface area is 225 Å². The highest BCUT2D eigenvalue weighted by atomic mass is 32.2. The number of fused-ring (bicyclic) bond motifs is 1. The SMILES string of the molecule is CCCCCn1c(SCC(=O)NCCc2ccccc2)nc2cc(C(=O)NCc3ccco3)ccc2c1=O. The number of thioether (sulfide) groups is 1. The van der Waals surface area contributed by atoms with E-state index in [9.17, 15) is 14.4 Å². The van der Waals surface area contributed by atoms with Gasteiger partial charge in [0.25, 0.3) is 11.5 Å². The van der Waals surface area contributed by atoms with Crippen LogP contribution in [0.4, 0.5) is 0 Å². The molecule has 198 valence electrons. The number of carbonyl (C=O) groups is 2. The largest absolute Gasteiger partial charge is 0.467 e. The molecule has 0 radical (unpaired) electrons. The first-order valence-electron chi connectivity index (χ1n) is 12.8. The third kappa shape index (κ3) is 7.35. The van der Waals surface area contributed by atoms with Gasteiger partial charge in [0.05, 0.1) is 29.5 Å². The van der Waals surface area contributed by atoms with Crippen molar-refractivity contribution in [3.8, 4) is 0 Å². The Morgan fingerprint density at radius 1 is 1.03 bits per heavy atom. The molecule has 0 saturated carbocycles. The predicted molar refractivity (Wildman–Crippen MR) is 149 cm³/mol. The van der Waals surface area contributed by atoms with Gasteiger partial charge in [-0.15, -0.1) is 0 Å². The topological polar surface area (TPSA) is 106 Å². The monoisotopic (exact) mass is 532 g/mol. The summed E-state index contributed by atoms with van der Waals surface area (Å²) in [4.78, 5) is 43.3. The molecule has 2 aromatic carbocycles. The zero-order valence-electron chi connectivity index (χ0n) is 21.4. The molecule has 0 bridgehead atoms. The van der Waals surface area contributed by atoms with Gasteiger partial charge in [-0.05, 0) is 48.7 Å². The van der Waals surface area contributed by atoms with Gasteiger partial charge in [-0.2, -0.15) is 0 Å². The number of nitrogens with one attached hydrogen (secondary N) is 2. The fourth-order valence-corrected chi connectivity index (χ4v) is 4.88. The number of hydrogen-bond donors (Lipinski definition) is 2. The zero-order valence-corrected chi connectivity index (χ0v) is 22.3. The molecule has 2 N–H and O–H groups in total. The Bertz CT molecular complexity index is 1420. The van der Waals surface area contributed by atoms with E-state index in [2.05, 4.69) is 17.6 Å². The van der Waals surface area contributed by atoms with Crippen LogP contribution in [0.15, 0.2) is 81.3 Å². The van der Waals surface area contributed by atoms with Crippen molar-refractivity contribution in [3.63, 3.8) is 0 Å². The Morgan fingerprint density at radius 2 is 1.87 bits per heavy atom. The van der Waals surface area contributed by atoms with E-state index in [1.165, 1.54) is 11.8 Å². The fourth-order valence-electron chi connectivity index (χ4n) is 4.02. The number of aromatic nitrogens is 2. The van der Waals surface area contributed by atoms with Crippen LogP contribution in [-0.4, -0.2) is 33.7 Å². The molecular weight excluding hydrogens is 500 g/mol. The van der Waals surface area contributed by atoms with E-state index in [1.807, 2.05) is 30.3 Å². The first-order valence-corrected chi connectivity index (χ1v) is 13.8. The van der Waals surface area contributed by atoms with E-state index >= 15 is 0 Å². The van der Waals surface area contributed by atoms with Crippen LogP contribution in [-0.2, 0) is 24.3 Å². The summed E-state index contributed by atoms with van der Waals surface area (Å²) in [7, 11) is 0. The molecule has 2 aromatic heterocycles. The summed E-state index contributed by atoms with van der Waals surface area (Å²) >= 11 is 1.24. The van der Waals surface area contributed by atoms with Crippen molar-refractivity contribution in [2.24, 2.45) is 0 Å². The molecule has 2 heterocycles. The second kappa shape index (κ2) is 13.6. The molecule has 0 atom stereocenters. The quantitative estimate of drug-likeness (QED) is 0.149. The number of rotatable bonds is 13. The van der Waals surface area contributed by atoms with Crippen LogP contribution < -0.4 is 16.2 Å². The Balaban J connectivity index is 1.48. The van der Waals surface area contributed by atoms with Crippen molar-refractivity contribution in [2.45, 2.75) is 50.9 Å². The maximum atomic E-state index is 13.4. The van der Waals surface area contributed by atoms with Crippen LogP contribution in [0.25, 0.3) is 10.9 Å². The number of amides is 2. The van der Waals surface area contributed by atoms with E-state index in [-0.39, 0.29) is 29.7 Å².